The number of rotatable bonds is 8. The standard InChI is InChI=1S/C27H28N4O3S2/c1-5-19-9-14-24-23(16-19)27(30-26(29-24)20-8-6-7-18(2)15-20)35-17-25(32)28-21-10-12-22(13-11-21)36(33,34)31(3)4/h6-16H,5,17H2,1-4H3,(H,28,32). The number of carbonyl (C=O) groups is 1. The first-order chi connectivity index (χ1) is 17.2. The number of hydrogen-bond donors (Lipinski definition) is 1. The number of thioether (sulfide) groups is 1. The van der Waals surface area contributed by atoms with Gasteiger partial charge in [-0.1, -0.05) is 48.5 Å². The molecule has 1 aromatic heterocycles. The zero-order chi connectivity index (χ0) is 25.9. The van der Waals surface area contributed by atoms with Crippen molar-refractivity contribution in [1.82, 2.24) is 14.3 Å². The second-order valence-electron chi connectivity index (χ2n) is 8.58. The number of sulfonamides is 1. The fourth-order valence-corrected chi connectivity index (χ4v) is 5.35. The van der Waals surface area contributed by atoms with E-state index < -0.39 is 10.0 Å². The van der Waals surface area contributed by atoms with Crippen molar-refractivity contribution in [2.75, 3.05) is 25.2 Å². The van der Waals surface area contributed by atoms with Crippen LogP contribution >= 0.6 is 11.8 Å². The topological polar surface area (TPSA) is 92.3 Å². The van der Waals surface area contributed by atoms with Crippen LogP contribution in [0.4, 0.5) is 5.69 Å². The average molecular weight is 521 g/mol. The van der Waals surface area contributed by atoms with Crippen molar-refractivity contribution in [2.45, 2.75) is 30.2 Å². The van der Waals surface area contributed by atoms with Crippen molar-refractivity contribution in [1.29, 1.82) is 0 Å². The summed E-state index contributed by atoms with van der Waals surface area (Å²) in [4.78, 5) is 22.5. The summed E-state index contributed by atoms with van der Waals surface area (Å²) in [6.07, 6.45) is 0.889. The van der Waals surface area contributed by atoms with Crippen molar-refractivity contribution in [3.63, 3.8) is 0 Å². The Labute approximate surface area is 216 Å². The number of nitrogens with zero attached hydrogens (tertiary/aromatic N) is 3. The lowest BCUT2D eigenvalue weighted by Crippen LogP contribution is -2.22. The Bertz CT molecular complexity index is 1520. The van der Waals surface area contributed by atoms with Crippen molar-refractivity contribution in [2.24, 2.45) is 0 Å². The van der Waals surface area contributed by atoms with Crippen LogP contribution in [0.2, 0.25) is 0 Å². The maximum atomic E-state index is 12.7. The number of aromatic nitrogens is 2. The monoisotopic (exact) mass is 520 g/mol. The molecule has 9 heteroatoms. The molecular formula is C27H28N4O3S2. The molecule has 4 aromatic rings. The van der Waals surface area contributed by atoms with Gasteiger partial charge in [0.15, 0.2) is 5.82 Å². The number of fused-ring (bicyclic) bond motifs is 1. The van der Waals surface area contributed by atoms with E-state index in [1.807, 2.05) is 37.3 Å². The third-order valence-electron chi connectivity index (χ3n) is 5.67. The van der Waals surface area contributed by atoms with E-state index in [9.17, 15) is 13.2 Å². The number of nitrogens with one attached hydrogen (secondary N) is 1. The molecule has 1 heterocycles. The summed E-state index contributed by atoms with van der Waals surface area (Å²) in [5.41, 5.74) is 4.58. The average Bonchev–Trinajstić information content (AvgIpc) is 2.87. The Hall–Kier alpha value is -3.27. The molecule has 0 aliphatic rings. The van der Waals surface area contributed by atoms with Crippen LogP contribution in [-0.2, 0) is 21.2 Å². The molecule has 36 heavy (non-hydrogen) atoms. The van der Waals surface area contributed by atoms with Gasteiger partial charge in [0, 0.05) is 30.7 Å². The molecule has 1 N–H and O–H groups in total. The lowest BCUT2D eigenvalue weighted by atomic mass is 10.1. The van der Waals surface area contributed by atoms with Gasteiger partial charge in [0.1, 0.15) is 5.03 Å². The summed E-state index contributed by atoms with van der Waals surface area (Å²) < 4.78 is 25.6. The molecule has 0 aliphatic heterocycles. The van der Waals surface area contributed by atoms with E-state index in [0.717, 1.165) is 37.8 Å². The Kier molecular flexibility index (Phi) is 7.73. The highest BCUT2D eigenvalue weighted by Crippen LogP contribution is 2.30. The fourth-order valence-electron chi connectivity index (χ4n) is 3.64. The van der Waals surface area contributed by atoms with Crippen molar-refractivity contribution < 1.29 is 13.2 Å². The number of amides is 1. The van der Waals surface area contributed by atoms with Crippen LogP contribution in [0, 0.1) is 6.92 Å². The maximum absolute atomic E-state index is 12.7. The van der Waals surface area contributed by atoms with E-state index in [0.29, 0.717) is 11.5 Å². The molecule has 0 unspecified atom stereocenters. The third kappa shape index (κ3) is 5.75. The molecule has 7 nitrogen and oxygen atoms in total. The van der Waals surface area contributed by atoms with Gasteiger partial charge in [0.05, 0.1) is 16.2 Å². The molecule has 0 radical (unpaired) electrons. The fraction of sp³-hybridized carbons (Fsp3) is 0.222. The SMILES string of the molecule is CCc1ccc2nc(-c3cccc(C)c3)nc(SCC(=O)Nc3ccc(S(=O)(=O)N(C)C)cc3)c2c1. The molecule has 0 bridgehead atoms. The molecule has 186 valence electrons. The van der Waals surface area contributed by atoms with Crippen LogP contribution in [0.3, 0.4) is 0 Å². The highest BCUT2D eigenvalue weighted by Gasteiger charge is 2.17. The molecule has 0 saturated heterocycles. The minimum atomic E-state index is -3.52. The Morgan fingerprint density at radius 1 is 1.00 bits per heavy atom. The summed E-state index contributed by atoms with van der Waals surface area (Å²) in [5.74, 6) is 0.558. The lowest BCUT2D eigenvalue weighted by molar-refractivity contribution is -0.113. The van der Waals surface area contributed by atoms with Gasteiger partial charge in [-0.25, -0.2) is 22.7 Å². The molecule has 0 aliphatic carbocycles. The molecule has 0 spiro atoms. The van der Waals surface area contributed by atoms with E-state index in [2.05, 4.69) is 24.4 Å². The second-order valence-corrected chi connectivity index (χ2v) is 11.7. The van der Waals surface area contributed by atoms with Crippen LogP contribution in [0.1, 0.15) is 18.1 Å². The number of anilines is 1. The largest absolute Gasteiger partial charge is 0.325 e. The first-order valence-corrected chi connectivity index (χ1v) is 13.9. The van der Waals surface area contributed by atoms with Gasteiger partial charge in [0.2, 0.25) is 15.9 Å². The van der Waals surface area contributed by atoms with E-state index in [1.165, 1.54) is 43.6 Å². The summed E-state index contributed by atoms with van der Waals surface area (Å²) in [6.45, 7) is 4.12. The first-order valence-electron chi connectivity index (χ1n) is 11.5. The smallest absolute Gasteiger partial charge is 0.242 e. The zero-order valence-corrected chi connectivity index (χ0v) is 22.3. The summed E-state index contributed by atoms with van der Waals surface area (Å²) in [7, 11) is -0.564. The molecule has 4 rings (SSSR count). The van der Waals surface area contributed by atoms with Gasteiger partial charge in [-0.2, -0.15) is 0 Å². The number of carbonyl (C=O) groups excluding carboxylic acids is 1. The maximum Gasteiger partial charge on any atom is 0.242 e. The van der Waals surface area contributed by atoms with Crippen LogP contribution in [0.15, 0.2) is 76.7 Å². The van der Waals surface area contributed by atoms with Gasteiger partial charge in [-0.05, 0) is 61.4 Å². The summed E-state index contributed by atoms with van der Waals surface area (Å²) in [5, 5.41) is 4.50. The van der Waals surface area contributed by atoms with Gasteiger partial charge in [-0.3, -0.25) is 4.79 Å². The summed E-state index contributed by atoms with van der Waals surface area (Å²) >= 11 is 1.36. The zero-order valence-electron chi connectivity index (χ0n) is 20.6. The Morgan fingerprint density at radius 3 is 2.42 bits per heavy atom. The third-order valence-corrected chi connectivity index (χ3v) is 8.49. The molecular weight excluding hydrogens is 492 g/mol. The predicted molar refractivity (Wildman–Crippen MR) is 146 cm³/mol. The number of benzene rings is 3. The van der Waals surface area contributed by atoms with Crippen molar-refractivity contribution in [3.05, 3.63) is 77.9 Å². The van der Waals surface area contributed by atoms with Crippen LogP contribution in [-0.4, -0.2) is 48.4 Å². The van der Waals surface area contributed by atoms with Gasteiger partial charge >= 0.3 is 0 Å². The minimum Gasteiger partial charge on any atom is -0.325 e. The lowest BCUT2D eigenvalue weighted by Gasteiger charge is -2.12. The van der Waals surface area contributed by atoms with Crippen LogP contribution in [0.25, 0.3) is 22.3 Å². The van der Waals surface area contributed by atoms with E-state index >= 15 is 0 Å². The number of aryl methyl sites for hydroxylation is 2. The predicted octanol–water partition coefficient (Wildman–Crippen LogP) is 5.15. The Morgan fingerprint density at radius 2 is 1.75 bits per heavy atom. The van der Waals surface area contributed by atoms with Gasteiger partial charge in [-0.15, -0.1) is 0 Å². The normalized spacial score (nSPS) is 11.7. The molecule has 0 atom stereocenters. The highest BCUT2D eigenvalue weighted by molar-refractivity contribution is 8.00. The van der Waals surface area contributed by atoms with Crippen molar-refractivity contribution in [3.8, 4) is 11.4 Å². The van der Waals surface area contributed by atoms with Crippen molar-refractivity contribution >= 4 is 44.3 Å². The van der Waals surface area contributed by atoms with E-state index in [1.54, 1.807) is 12.1 Å². The van der Waals surface area contributed by atoms with Gasteiger partial charge in [0.25, 0.3) is 0 Å². The molecule has 3 aromatic carbocycles. The number of hydrogen-bond acceptors (Lipinski definition) is 6. The first kappa shape index (κ1) is 25.8. The van der Waals surface area contributed by atoms with E-state index in [-0.39, 0.29) is 16.6 Å². The van der Waals surface area contributed by atoms with Crippen LogP contribution in [0.5, 0.6) is 0 Å². The molecule has 1 amide bonds. The quantitative estimate of drug-likeness (QED) is 0.255. The minimum absolute atomic E-state index is 0.146. The van der Waals surface area contributed by atoms with Crippen LogP contribution < -0.4 is 5.32 Å². The molecule has 0 fully saturated rings. The molecule has 0 saturated carbocycles. The second kappa shape index (κ2) is 10.8. The highest BCUT2D eigenvalue weighted by atomic mass is 32.2. The Balaban J connectivity index is 1.56. The summed E-state index contributed by atoms with van der Waals surface area (Å²) in [6, 6.07) is 20.3. The van der Waals surface area contributed by atoms with E-state index in [4.69, 9.17) is 9.97 Å². The van der Waals surface area contributed by atoms with Gasteiger partial charge < -0.3 is 5.32 Å².